The minimum atomic E-state index is -0.429. The van der Waals surface area contributed by atoms with Gasteiger partial charge in [0.1, 0.15) is 17.3 Å². The number of nitro groups is 1. The minimum absolute atomic E-state index is 0.0231. The van der Waals surface area contributed by atoms with E-state index in [1.165, 1.54) is 19.2 Å². The van der Waals surface area contributed by atoms with Crippen molar-refractivity contribution >= 4 is 5.69 Å². The van der Waals surface area contributed by atoms with Gasteiger partial charge >= 0.3 is 0 Å². The van der Waals surface area contributed by atoms with E-state index in [1.807, 2.05) is 19.1 Å². The summed E-state index contributed by atoms with van der Waals surface area (Å²) in [5.74, 6) is 2.17. The van der Waals surface area contributed by atoms with Gasteiger partial charge in [0.05, 0.1) is 24.6 Å². The van der Waals surface area contributed by atoms with Crippen molar-refractivity contribution in [3.05, 3.63) is 57.5 Å². The zero-order chi connectivity index (χ0) is 14.5. The molecule has 0 radical (unpaired) electrons. The van der Waals surface area contributed by atoms with Crippen LogP contribution in [0.4, 0.5) is 5.69 Å². The van der Waals surface area contributed by atoms with Gasteiger partial charge in [-0.25, -0.2) is 0 Å². The number of nitrogens with one attached hydrogen (secondary N) is 1. The number of methoxy groups -OCH3 is 1. The van der Waals surface area contributed by atoms with Gasteiger partial charge in [0.25, 0.3) is 5.69 Å². The van der Waals surface area contributed by atoms with Crippen LogP contribution in [0, 0.1) is 17.0 Å². The van der Waals surface area contributed by atoms with Gasteiger partial charge < -0.3 is 14.5 Å². The van der Waals surface area contributed by atoms with E-state index in [9.17, 15) is 10.1 Å². The topological polar surface area (TPSA) is 77.5 Å². The van der Waals surface area contributed by atoms with Crippen LogP contribution in [0.3, 0.4) is 0 Å². The van der Waals surface area contributed by atoms with Crippen molar-refractivity contribution in [3.63, 3.8) is 0 Å². The van der Waals surface area contributed by atoms with Crippen LogP contribution in [0.5, 0.6) is 5.75 Å². The molecule has 0 aliphatic carbocycles. The zero-order valence-corrected chi connectivity index (χ0v) is 11.4. The van der Waals surface area contributed by atoms with Gasteiger partial charge in [0, 0.05) is 12.6 Å². The largest absolute Gasteiger partial charge is 0.496 e. The fourth-order valence-electron chi connectivity index (χ4n) is 1.88. The van der Waals surface area contributed by atoms with Gasteiger partial charge in [-0.15, -0.1) is 0 Å². The molecule has 6 heteroatoms. The Morgan fingerprint density at radius 3 is 2.70 bits per heavy atom. The maximum atomic E-state index is 10.8. The number of furan rings is 1. The van der Waals surface area contributed by atoms with E-state index in [2.05, 4.69) is 5.32 Å². The summed E-state index contributed by atoms with van der Waals surface area (Å²) >= 11 is 0. The second kappa shape index (κ2) is 6.21. The van der Waals surface area contributed by atoms with Crippen molar-refractivity contribution in [2.75, 3.05) is 7.11 Å². The summed E-state index contributed by atoms with van der Waals surface area (Å²) in [6, 6.07) is 8.50. The summed E-state index contributed by atoms with van der Waals surface area (Å²) in [5, 5.41) is 14.0. The number of nitrogens with zero attached hydrogens (tertiary/aromatic N) is 1. The van der Waals surface area contributed by atoms with Crippen LogP contribution in [0.1, 0.15) is 17.1 Å². The number of hydrogen-bond donors (Lipinski definition) is 1. The Balaban J connectivity index is 2.01. The summed E-state index contributed by atoms with van der Waals surface area (Å²) in [6.07, 6.45) is 0. The molecule has 1 aromatic heterocycles. The normalized spacial score (nSPS) is 10.5. The van der Waals surface area contributed by atoms with Crippen molar-refractivity contribution < 1.29 is 14.1 Å². The van der Waals surface area contributed by atoms with Gasteiger partial charge in [-0.2, -0.15) is 0 Å². The summed E-state index contributed by atoms with van der Waals surface area (Å²) in [4.78, 5) is 10.4. The van der Waals surface area contributed by atoms with Crippen molar-refractivity contribution in [1.29, 1.82) is 0 Å². The Morgan fingerprint density at radius 2 is 2.10 bits per heavy atom. The SMILES string of the molecule is COc1cc(CNCc2ccc(C)o2)cc([N+](=O)[O-])c1. The molecule has 0 saturated heterocycles. The third-order valence-corrected chi connectivity index (χ3v) is 2.82. The van der Waals surface area contributed by atoms with Crippen molar-refractivity contribution in [2.24, 2.45) is 0 Å². The van der Waals surface area contributed by atoms with Crippen LogP contribution < -0.4 is 10.1 Å². The lowest BCUT2D eigenvalue weighted by Crippen LogP contribution is -2.12. The Labute approximate surface area is 116 Å². The molecule has 106 valence electrons. The third-order valence-electron chi connectivity index (χ3n) is 2.82. The molecule has 0 saturated carbocycles. The Bertz CT molecular complexity index is 607. The van der Waals surface area contributed by atoms with Gasteiger partial charge in [-0.1, -0.05) is 0 Å². The van der Waals surface area contributed by atoms with Crippen LogP contribution in [-0.4, -0.2) is 12.0 Å². The molecule has 0 aliphatic heterocycles. The molecule has 0 aliphatic rings. The minimum Gasteiger partial charge on any atom is -0.496 e. The predicted molar refractivity (Wildman–Crippen MR) is 73.6 cm³/mol. The third kappa shape index (κ3) is 3.58. The first kappa shape index (κ1) is 14.1. The van der Waals surface area contributed by atoms with Crippen LogP contribution in [-0.2, 0) is 13.1 Å². The van der Waals surface area contributed by atoms with Crippen LogP contribution in [0.25, 0.3) is 0 Å². The number of nitro benzene ring substituents is 1. The lowest BCUT2D eigenvalue weighted by Gasteiger charge is -2.06. The monoisotopic (exact) mass is 276 g/mol. The molecule has 0 fully saturated rings. The molecule has 2 aromatic rings. The van der Waals surface area contributed by atoms with Gasteiger partial charge in [0.2, 0.25) is 0 Å². The Kier molecular flexibility index (Phi) is 4.37. The van der Waals surface area contributed by atoms with Crippen molar-refractivity contribution in [1.82, 2.24) is 5.32 Å². The van der Waals surface area contributed by atoms with Crippen LogP contribution >= 0.6 is 0 Å². The predicted octanol–water partition coefficient (Wildman–Crippen LogP) is 2.79. The molecule has 2 rings (SSSR count). The molecule has 0 spiro atoms. The van der Waals surface area contributed by atoms with Crippen LogP contribution in [0.15, 0.2) is 34.7 Å². The number of rotatable bonds is 6. The van der Waals surface area contributed by atoms with E-state index in [0.29, 0.717) is 18.8 Å². The van der Waals surface area contributed by atoms with Crippen molar-refractivity contribution in [3.8, 4) is 5.75 Å². The molecular formula is C14H16N2O4. The average Bonchev–Trinajstić information content (AvgIpc) is 2.84. The first-order chi connectivity index (χ1) is 9.58. The molecule has 0 bridgehead atoms. The Morgan fingerprint density at radius 1 is 1.30 bits per heavy atom. The number of aryl methyl sites for hydroxylation is 1. The standard InChI is InChI=1S/C14H16N2O4/c1-10-3-4-13(20-10)9-15-8-11-5-12(16(17)18)7-14(6-11)19-2/h3-7,15H,8-9H2,1-2H3. The van der Waals surface area contributed by atoms with E-state index in [4.69, 9.17) is 9.15 Å². The summed E-state index contributed by atoms with van der Waals surface area (Å²) in [5.41, 5.74) is 0.814. The van der Waals surface area contributed by atoms with Crippen molar-refractivity contribution in [2.45, 2.75) is 20.0 Å². The number of benzene rings is 1. The second-order valence-corrected chi connectivity index (χ2v) is 4.41. The fourth-order valence-corrected chi connectivity index (χ4v) is 1.88. The quantitative estimate of drug-likeness (QED) is 0.648. The highest BCUT2D eigenvalue weighted by molar-refractivity contribution is 5.42. The fraction of sp³-hybridized carbons (Fsp3) is 0.286. The molecule has 1 heterocycles. The van der Waals surface area contributed by atoms with Gasteiger partial charge in [0.15, 0.2) is 0 Å². The average molecular weight is 276 g/mol. The lowest BCUT2D eigenvalue weighted by atomic mass is 10.2. The van der Waals surface area contributed by atoms with E-state index >= 15 is 0 Å². The highest BCUT2D eigenvalue weighted by Gasteiger charge is 2.10. The molecule has 20 heavy (non-hydrogen) atoms. The van der Waals surface area contributed by atoms with E-state index in [0.717, 1.165) is 17.1 Å². The molecule has 0 unspecified atom stereocenters. The highest BCUT2D eigenvalue weighted by atomic mass is 16.6. The summed E-state index contributed by atoms with van der Waals surface area (Å²) in [6.45, 7) is 2.95. The molecule has 0 amide bonds. The summed E-state index contributed by atoms with van der Waals surface area (Å²) < 4.78 is 10.5. The second-order valence-electron chi connectivity index (χ2n) is 4.41. The first-order valence-corrected chi connectivity index (χ1v) is 6.17. The van der Waals surface area contributed by atoms with E-state index in [-0.39, 0.29) is 5.69 Å². The molecule has 1 N–H and O–H groups in total. The van der Waals surface area contributed by atoms with Gasteiger partial charge in [-0.3, -0.25) is 10.1 Å². The molecular weight excluding hydrogens is 260 g/mol. The maximum absolute atomic E-state index is 10.8. The van der Waals surface area contributed by atoms with E-state index < -0.39 is 4.92 Å². The smallest absolute Gasteiger partial charge is 0.273 e. The number of ether oxygens (including phenoxy) is 1. The number of hydrogen-bond acceptors (Lipinski definition) is 5. The zero-order valence-electron chi connectivity index (χ0n) is 11.4. The highest BCUT2D eigenvalue weighted by Crippen LogP contribution is 2.22. The Hall–Kier alpha value is -2.34. The molecule has 1 aromatic carbocycles. The van der Waals surface area contributed by atoms with Crippen LogP contribution in [0.2, 0.25) is 0 Å². The lowest BCUT2D eigenvalue weighted by molar-refractivity contribution is -0.385. The van der Waals surface area contributed by atoms with E-state index in [1.54, 1.807) is 6.07 Å². The molecule has 0 atom stereocenters. The van der Waals surface area contributed by atoms with Gasteiger partial charge in [-0.05, 0) is 30.7 Å². The maximum Gasteiger partial charge on any atom is 0.273 e. The number of non-ortho nitro benzene ring substituents is 1. The first-order valence-electron chi connectivity index (χ1n) is 6.17. The molecule has 6 nitrogen and oxygen atoms in total. The summed E-state index contributed by atoms with van der Waals surface area (Å²) in [7, 11) is 1.49.